The van der Waals surface area contributed by atoms with E-state index < -0.39 is 11.7 Å². The number of methoxy groups -OCH3 is 1. The summed E-state index contributed by atoms with van der Waals surface area (Å²) in [5, 5.41) is 0. The smallest absolute Gasteiger partial charge is 0.416 e. The first-order valence-electron chi connectivity index (χ1n) is 9.35. The number of carbonyl (C=O) groups excluding carboxylic acids is 1. The van der Waals surface area contributed by atoms with E-state index >= 15 is 0 Å². The minimum Gasteiger partial charge on any atom is -0.493 e. The van der Waals surface area contributed by atoms with E-state index in [-0.39, 0.29) is 5.91 Å². The van der Waals surface area contributed by atoms with E-state index in [0.29, 0.717) is 55.5 Å². The van der Waals surface area contributed by atoms with Crippen LogP contribution in [0.4, 0.5) is 18.9 Å². The van der Waals surface area contributed by atoms with E-state index in [0.717, 1.165) is 12.1 Å². The predicted molar refractivity (Wildman–Crippen MR) is 104 cm³/mol. The first-order valence-corrected chi connectivity index (χ1v) is 9.35. The fraction of sp³-hybridized carbons (Fsp3) is 0.381. The summed E-state index contributed by atoms with van der Waals surface area (Å²) in [6.45, 7) is 4.06. The predicted octanol–water partition coefficient (Wildman–Crippen LogP) is 4.08. The Balaban J connectivity index is 1.68. The molecule has 0 bridgehead atoms. The Morgan fingerprint density at radius 1 is 1.03 bits per heavy atom. The average Bonchev–Trinajstić information content (AvgIpc) is 2.73. The maximum absolute atomic E-state index is 12.9. The number of piperazine rings is 1. The maximum Gasteiger partial charge on any atom is 0.416 e. The molecule has 0 saturated carbocycles. The Morgan fingerprint density at radius 3 is 2.38 bits per heavy atom. The first kappa shape index (κ1) is 20.8. The van der Waals surface area contributed by atoms with Crippen molar-refractivity contribution in [3.05, 3.63) is 53.6 Å². The van der Waals surface area contributed by atoms with Crippen LogP contribution in [0.1, 0.15) is 22.8 Å². The zero-order chi connectivity index (χ0) is 21.0. The van der Waals surface area contributed by atoms with Crippen molar-refractivity contribution in [1.29, 1.82) is 0 Å². The highest BCUT2D eigenvalue weighted by Gasteiger charge is 2.31. The van der Waals surface area contributed by atoms with Gasteiger partial charge in [-0.15, -0.1) is 0 Å². The van der Waals surface area contributed by atoms with Gasteiger partial charge in [-0.2, -0.15) is 13.2 Å². The van der Waals surface area contributed by atoms with Gasteiger partial charge in [0, 0.05) is 37.4 Å². The van der Waals surface area contributed by atoms with Crippen molar-refractivity contribution in [3.63, 3.8) is 0 Å². The second kappa shape index (κ2) is 8.63. The van der Waals surface area contributed by atoms with Crippen LogP contribution in [0.2, 0.25) is 0 Å². The lowest BCUT2D eigenvalue weighted by Gasteiger charge is -2.36. The number of rotatable bonds is 5. The van der Waals surface area contributed by atoms with Gasteiger partial charge in [-0.1, -0.05) is 6.07 Å². The van der Waals surface area contributed by atoms with Crippen molar-refractivity contribution < 1.29 is 27.4 Å². The summed E-state index contributed by atoms with van der Waals surface area (Å²) >= 11 is 0. The molecule has 156 valence electrons. The number of alkyl halides is 3. The Morgan fingerprint density at radius 2 is 1.76 bits per heavy atom. The third-order valence-electron chi connectivity index (χ3n) is 4.82. The number of hydrogen-bond acceptors (Lipinski definition) is 4. The quantitative estimate of drug-likeness (QED) is 0.748. The lowest BCUT2D eigenvalue weighted by atomic mass is 10.1. The molecule has 0 atom stereocenters. The molecular formula is C21H23F3N2O3. The Bertz CT molecular complexity index is 862. The van der Waals surface area contributed by atoms with Gasteiger partial charge in [0.25, 0.3) is 5.91 Å². The molecule has 1 aliphatic heterocycles. The molecule has 0 aliphatic carbocycles. The van der Waals surface area contributed by atoms with Crippen molar-refractivity contribution in [2.45, 2.75) is 13.1 Å². The van der Waals surface area contributed by atoms with Crippen molar-refractivity contribution >= 4 is 11.6 Å². The third kappa shape index (κ3) is 4.75. The summed E-state index contributed by atoms with van der Waals surface area (Å²) in [6.07, 6.45) is -4.37. The van der Waals surface area contributed by atoms with Crippen LogP contribution in [-0.4, -0.2) is 50.7 Å². The molecule has 2 aromatic carbocycles. The minimum absolute atomic E-state index is 0.141. The molecule has 1 aliphatic rings. The van der Waals surface area contributed by atoms with Gasteiger partial charge in [0.2, 0.25) is 0 Å². The monoisotopic (exact) mass is 408 g/mol. The second-order valence-electron chi connectivity index (χ2n) is 6.63. The zero-order valence-corrected chi connectivity index (χ0v) is 16.3. The molecule has 0 radical (unpaired) electrons. The summed E-state index contributed by atoms with van der Waals surface area (Å²) in [4.78, 5) is 16.4. The van der Waals surface area contributed by atoms with Crippen molar-refractivity contribution in [2.75, 3.05) is 44.8 Å². The van der Waals surface area contributed by atoms with Gasteiger partial charge in [0.1, 0.15) is 0 Å². The van der Waals surface area contributed by atoms with Crippen molar-refractivity contribution in [2.24, 2.45) is 0 Å². The van der Waals surface area contributed by atoms with E-state index in [2.05, 4.69) is 0 Å². The van der Waals surface area contributed by atoms with E-state index in [9.17, 15) is 18.0 Å². The fourth-order valence-electron chi connectivity index (χ4n) is 3.31. The zero-order valence-electron chi connectivity index (χ0n) is 16.3. The van der Waals surface area contributed by atoms with Crippen LogP contribution in [0.25, 0.3) is 0 Å². The number of ether oxygens (including phenoxy) is 2. The van der Waals surface area contributed by atoms with Crippen LogP contribution in [0.3, 0.4) is 0 Å². The van der Waals surface area contributed by atoms with Gasteiger partial charge in [0.05, 0.1) is 19.3 Å². The number of amides is 1. The van der Waals surface area contributed by atoms with E-state index in [4.69, 9.17) is 9.47 Å². The van der Waals surface area contributed by atoms with Crippen molar-refractivity contribution in [3.8, 4) is 11.5 Å². The van der Waals surface area contributed by atoms with Crippen LogP contribution in [0.5, 0.6) is 11.5 Å². The van der Waals surface area contributed by atoms with E-state index in [1.807, 2.05) is 11.8 Å². The molecule has 1 heterocycles. The highest BCUT2D eigenvalue weighted by atomic mass is 19.4. The van der Waals surface area contributed by atoms with Gasteiger partial charge < -0.3 is 19.3 Å². The molecule has 0 spiro atoms. The van der Waals surface area contributed by atoms with Gasteiger partial charge in [0.15, 0.2) is 11.5 Å². The molecule has 1 amide bonds. The van der Waals surface area contributed by atoms with Crippen LogP contribution >= 0.6 is 0 Å². The molecular weight excluding hydrogens is 385 g/mol. The molecule has 1 saturated heterocycles. The van der Waals surface area contributed by atoms with Gasteiger partial charge in [-0.25, -0.2) is 0 Å². The Kier molecular flexibility index (Phi) is 6.20. The molecule has 5 nitrogen and oxygen atoms in total. The molecule has 2 aromatic rings. The summed E-state index contributed by atoms with van der Waals surface area (Å²) in [5.41, 5.74) is 0.326. The number of benzene rings is 2. The largest absolute Gasteiger partial charge is 0.493 e. The highest BCUT2D eigenvalue weighted by Crippen LogP contribution is 2.32. The molecule has 29 heavy (non-hydrogen) atoms. The van der Waals surface area contributed by atoms with Gasteiger partial charge in [-0.05, 0) is 43.3 Å². The standard InChI is InChI=1S/C21H23F3N2O3/c1-3-29-19-13-15(7-8-18(19)28-2)20(27)26-11-9-25(10-12-26)17-6-4-5-16(14-17)21(22,23)24/h4-8,13-14H,3,9-12H2,1-2H3. The van der Waals surface area contributed by atoms with E-state index in [1.54, 1.807) is 29.2 Å². The third-order valence-corrected chi connectivity index (χ3v) is 4.82. The lowest BCUT2D eigenvalue weighted by molar-refractivity contribution is -0.137. The van der Waals surface area contributed by atoms with E-state index in [1.165, 1.54) is 13.2 Å². The number of carbonyl (C=O) groups is 1. The minimum atomic E-state index is -4.37. The number of hydrogen-bond donors (Lipinski definition) is 0. The first-order chi connectivity index (χ1) is 13.8. The summed E-state index contributed by atoms with van der Waals surface area (Å²) in [5.74, 6) is 0.915. The second-order valence-corrected chi connectivity index (χ2v) is 6.63. The highest BCUT2D eigenvalue weighted by molar-refractivity contribution is 5.95. The average molecular weight is 408 g/mol. The maximum atomic E-state index is 12.9. The fourth-order valence-corrected chi connectivity index (χ4v) is 3.31. The van der Waals surface area contributed by atoms with Crippen LogP contribution in [0, 0.1) is 0 Å². The van der Waals surface area contributed by atoms with Gasteiger partial charge >= 0.3 is 6.18 Å². The number of anilines is 1. The summed E-state index contributed by atoms with van der Waals surface area (Å²) < 4.78 is 49.6. The Hall–Kier alpha value is -2.90. The molecule has 0 aromatic heterocycles. The molecule has 0 unspecified atom stereocenters. The molecule has 1 fully saturated rings. The molecule has 3 rings (SSSR count). The normalized spacial score (nSPS) is 14.7. The Labute approximate surface area is 167 Å². The topological polar surface area (TPSA) is 42.0 Å². The summed E-state index contributed by atoms with van der Waals surface area (Å²) in [6, 6.07) is 10.3. The SMILES string of the molecule is CCOc1cc(C(=O)N2CCN(c3cccc(C(F)(F)F)c3)CC2)ccc1OC. The van der Waals surface area contributed by atoms with Crippen LogP contribution in [0.15, 0.2) is 42.5 Å². The van der Waals surface area contributed by atoms with Crippen LogP contribution in [-0.2, 0) is 6.18 Å². The van der Waals surface area contributed by atoms with Crippen LogP contribution < -0.4 is 14.4 Å². The van der Waals surface area contributed by atoms with Gasteiger partial charge in [-0.3, -0.25) is 4.79 Å². The lowest BCUT2D eigenvalue weighted by Crippen LogP contribution is -2.48. The molecule has 0 N–H and O–H groups in total. The summed E-state index contributed by atoms with van der Waals surface area (Å²) in [7, 11) is 1.53. The number of halogens is 3. The number of nitrogens with zero attached hydrogens (tertiary/aromatic N) is 2. The van der Waals surface area contributed by atoms with Crippen molar-refractivity contribution in [1.82, 2.24) is 4.90 Å². The molecule has 8 heteroatoms.